The fourth-order valence-corrected chi connectivity index (χ4v) is 4.56. The number of carbonyl (C=O) groups excluding carboxylic acids is 5. The summed E-state index contributed by atoms with van der Waals surface area (Å²) in [6.07, 6.45) is -5.13. The number of aliphatic hydroxyl groups excluding tert-OH is 1. The van der Waals surface area contributed by atoms with E-state index in [-0.39, 0.29) is 50.0 Å². The van der Waals surface area contributed by atoms with Crippen molar-refractivity contribution in [2.75, 3.05) is 6.54 Å². The highest BCUT2D eigenvalue weighted by Crippen LogP contribution is 2.13. The van der Waals surface area contributed by atoms with Gasteiger partial charge in [-0.05, 0) is 50.0 Å². The van der Waals surface area contributed by atoms with Crippen LogP contribution < -0.4 is 44.2 Å². The largest absolute Gasteiger partial charge is 0.490 e. The summed E-state index contributed by atoms with van der Waals surface area (Å²) in [4.78, 5) is 78.1. The van der Waals surface area contributed by atoms with Crippen LogP contribution in [-0.2, 0) is 35.2 Å². The van der Waals surface area contributed by atoms with Crippen LogP contribution >= 0.6 is 0 Å². The third kappa shape index (κ3) is 20.6. The van der Waals surface area contributed by atoms with Gasteiger partial charge in [-0.1, -0.05) is 58.0 Å². The van der Waals surface area contributed by atoms with Crippen molar-refractivity contribution in [3.63, 3.8) is 0 Å². The zero-order valence-electron chi connectivity index (χ0n) is 30.5. The Morgan fingerprint density at radius 1 is 0.736 bits per heavy atom. The number of benzene rings is 1. The zero-order valence-corrected chi connectivity index (χ0v) is 30.5. The van der Waals surface area contributed by atoms with E-state index >= 15 is 0 Å². The van der Waals surface area contributed by atoms with Crippen LogP contribution in [0.2, 0.25) is 0 Å². The molecule has 6 unspecified atom stereocenters. The molecule has 300 valence electrons. The topological polar surface area (TPSA) is 307 Å². The number of aliphatic carboxylic acids is 1. The van der Waals surface area contributed by atoms with Crippen LogP contribution in [0, 0.1) is 11.8 Å². The Balaban J connectivity index is 0.00000348. The van der Waals surface area contributed by atoms with Crippen LogP contribution in [0.15, 0.2) is 35.3 Å². The number of aliphatic imine (C=N–C) groups is 1. The summed E-state index contributed by atoms with van der Waals surface area (Å²) in [5.41, 5.74) is 22.7. The van der Waals surface area contributed by atoms with E-state index in [2.05, 4.69) is 26.3 Å². The van der Waals surface area contributed by atoms with Crippen LogP contribution in [-0.4, -0.2) is 101 Å². The summed E-state index contributed by atoms with van der Waals surface area (Å²) in [5.74, 6) is -6.26. The first kappa shape index (κ1) is 48.0. The van der Waals surface area contributed by atoms with Gasteiger partial charge in [-0.3, -0.25) is 29.0 Å². The number of nitrogens with zero attached hydrogens (tertiary/aromatic N) is 1. The maximum absolute atomic E-state index is 13.6. The van der Waals surface area contributed by atoms with Gasteiger partial charge in [0.1, 0.15) is 30.2 Å². The van der Waals surface area contributed by atoms with Gasteiger partial charge in [-0.25, -0.2) is 4.79 Å². The number of amides is 5. The summed E-state index contributed by atoms with van der Waals surface area (Å²) in [7, 11) is 0. The number of aliphatic hydroxyl groups is 1. The van der Waals surface area contributed by atoms with Gasteiger partial charge in [0.2, 0.25) is 29.5 Å². The van der Waals surface area contributed by atoms with E-state index in [4.69, 9.17) is 32.8 Å². The van der Waals surface area contributed by atoms with Gasteiger partial charge < -0.3 is 54.4 Å². The summed E-state index contributed by atoms with van der Waals surface area (Å²) in [6, 6.07) is 3.44. The van der Waals surface area contributed by atoms with Crippen LogP contribution in [0.1, 0.15) is 65.9 Å². The van der Waals surface area contributed by atoms with E-state index in [1.807, 2.05) is 33.8 Å². The third-order valence-electron chi connectivity index (χ3n) is 7.27. The Bertz CT molecular complexity index is 1380. The number of alkyl halides is 3. The average Bonchev–Trinajstić information content (AvgIpc) is 3.04. The summed E-state index contributed by atoms with van der Waals surface area (Å²) >= 11 is 0. The first-order chi connectivity index (χ1) is 24.5. The second kappa shape index (κ2) is 23.6. The number of rotatable bonds is 20. The molecule has 5 amide bonds. The monoisotopic (exact) mass is 761 g/mol. The van der Waals surface area contributed by atoms with Gasteiger partial charge in [0, 0.05) is 13.0 Å². The predicted octanol–water partition coefficient (Wildman–Crippen LogP) is -0.859. The lowest BCUT2D eigenvalue weighted by molar-refractivity contribution is -0.192. The zero-order chi connectivity index (χ0) is 41.1. The van der Waals surface area contributed by atoms with Crippen molar-refractivity contribution in [3.05, 3.63) is 35.9 Å². The second-order valence-corrected chi connectivity index (χ2v) is 13.1. The smallest absolute Gasteiger partial charge is 0.475 e. The van der Waals surface area contributed by atoms with Crippen molar-refractivity contribution in [2.45, 2.75) is 109 Å². The molecule has 0 heterocycles. The number of carboxylic acids is 1. The summed E-state index contributed by atoms with van der Waals surface area (Å²) in [5, 5.41) is 27.6. The van der Waals surface area contributed by atoms with Crippen LogP contribution in [0.25, 0.3) is 0 Å². The number of hydrogen-bond donors (Lipinski definition) is 10. The number of halogens is 3. The summed E-state index contributed by atoms with van der Waals surface area (Å²) < 4.78 is 31.7. The molecule has 0 aliphatic heterocycles. The molecule has 6 atom stereocenters. The van der Waals surface area contributed by atoms with Crippen LogP contribution in [0.5, 0.6) is 0 Å². The fraction of sp³-hybridized carbons (Fsp3) is 0.606. The average molecular weight is 762 g/mol. The standard InChI is InChI=1S/C31H53N9O6.C2HF3O2/c1-17(2)14-22(27(43)37-21(26(33)42)12-9-13-36-31(34)35)38-28(44)23(15-18(3)4)39-29(45)24(16-20-10-7-6-8-11-20)40-30(46)25(32)19(5)41;3-2(4,5)1(6)7/h6-8,10-11,17-19,21-25,41H,9,12-16,32H2,1-5H3,(H2,33,42)(H,37,43)(H,38,44)(H,39,45)(H,40,46)(H4,34,35,36);(H,6,7). The van der Waals surface area contributed by atoms with Crippen molar-refractivity contribution in [2.24, 2.45) is 39.8 Å². The molecule has 0 saturated carbocycles. The van der Waals surface area contributed by atoms with E-state index in [9.17, 15) is 42.3 Å². The molecule has 1 aromatic carbocycles. The van der Waals surface area contributed by atoms with Gasteiger partial charge in [-0.15, -0.1) is 0 Å². The van der Waals surface area contributed by atoms with Crippen molar-refractivity contribution in [3.8, 4) is 0 Å². The molecule has 53 heavy (non-hydrogen) atoms. The molecule has 1 rings (SSSR count). The lowest BCUT2D eigenvalue weighted by Crippen LogP contribution is -2.60. The quantitative estimate of drug-likeness (QED) is 0.0443. The maximum Gasteiger partial charge on any atom is 0.490 e. The SMILES string of the molecule is CC(C)CC(NC(=O)C(CC(C)C)NC(=O)C(Cc1ccccc1)NC(=O)C(N)C(C)O)C(=O)NC(CCCN=C(N)N)C(N)=O.O=C(O)C(F)(F)F. The minimum absolute atomic E-state index is 0.0216. The first-order valence-corrected chi connectivity index (χ1v) is 16.8. The minimum atomic E-state index is -5.08. The van der Waals surface area contributed by atoms with Crippen molar-refractivity contribution < 1.29 is 52.2 Å². The number of primary amides is 1. The molecule has 0 spiro atoms. The molecule has 0 bridgehead atoms. The first-order valence-electron chi connectivity index (χ1n) is 16.8. The van der Waals surface area contributed by atoms with E-state index in [0.717, 1.165) is 5.56 Å². The molecule has 0 aliphatic carbocycles. The highest BCUT2D eigenvalue weighted by molar-refractivity contribution is 5.96. The minimum Gasteiger partial charge on any atom is -0.475 e. The van der Waals surface area contributed by atoms with Gasteiger partial charge in [-0.2, -0.15) is 13.2 Å². The number of guanidine groups is 1. The van der Waals surface area contributed by atoms with Gasteiger partial charge in [0.25, 0.3) is 0 Å². The van der Waals surface area contributed by atoms with Crippen molar-refractivity contribution in [1.82, 2.24) is 21.3 Å². The number of hydrogen-bond acceptors (Lipinski definition) is 9. The van der Waals surface area contributed by atoms with Gasteiger partial charge >= 0.3 is 12.1 Å². The van der Waals surface area contributed by atoms with Gasteiger partial charge in [0.15, 0.2) is 5.96 Å². The van der Waals surface area contributed by atoms with Gasteiger partial charge in [0.05, 0.1) is 6.10 Å². The molecule has 1 aromatic rings. The lowest BCUT2D eigenvalue weighted by atomic mass is 9.98. The Hall–Kier alpha value is -4.98. The Morgan fingerprint density at radius 2 is 1.15 bits per heavy atom. The number of nitrogens with two attached hydrogens (primary N) is 4. The Kier molecular flexibility index (Phi) is 21.3. The molecule has 0 aliphatic rings. The van der Waals surface area contributed by atoms with Crippen LogP contribution in [0.4, 0.5) is 13.2 Å². The molecule has 20 heteroatoms. The number of carboxylic acid groups (broad SMARTS) is 1. The molecule has 0 radical (unpaired) electrons. The van der Waals surface area contributed by atoms with Crippen molar-refractivity contribution >= 4 is 41.5 Å². The molecular weight excluding hydrogens is 707 g/mol. The molecule has 14 N–H and O–H groups in total. The third-order valence-corrected chi connectivity index (χ3v) is 7.27. The lowest BCUT2D eigenvalue weighted by Gasteiger charge is -2.28. The van der Waals surface area contributed by atoms with Crippen molar-refractivity contribution in [1.29, 1.82) is 0 Å². The predicted molar refractivity (Wildman–Crippen MR) is 189 cm³/mol. The number of carbonyl (C=O) groups is 6. The molecular formula is C33H54F3N9O8. The normalized spacial score (nSPS) is 14.6. The fourth-order valence-electron chi connectivity index (χ4n) is 4.56. The molecule has 0 aromatic heterocycles. The van der Waals surface area contributed by atoms with E-state index < -0.39 is 78.0 Å². The maximum atomic E-state index is 13.6. The molecule has 0 fully saturated rings. The summed E-state index contributed by atoms with van der Waals surface area (Å²) in [6.45, 7) is 9.08. The number of nitrogens with one attached hydrogen (secondary N) is 4. The molecule has 0 saturated heterocycles. The highest BCUT2D eigenvalue weighted by Gasteiger charge is 2.38. The van der Waals surface area contributed by atoms with E-state index in [1.165, 1.54) is 6.92 Å². The molecule has 17 nitrogen and oxygen atoms in total. The van der Waals surface area contributed by atoms with E-state index in [0.29, 0.717) is 6.42 Å². The highest BCUT2D eigenvalue weighted by atomic mass is 19.4. The second-order valence-electron chi connectivity index (χ2n) is 13.1. The Morgan fingerprint density at radius 3 is 1.53 bits per heavy atom. The Labute approximate surface area is 306 Å². The van der Waals surface area contributed by atoms with E-state index in [1.54, 1.807) is 24.3 Å². The van der Waals surface area contributed by atoms with Crippen LogP contribution in [0.3, 0.4) is 0 Å².